The first kappa shape index (κ1) is 21.4. The molecule has 2 aromatic rings. The average molecular weight is 428 g/mol. The standard InChI is InChI=1S/C23H29N3O5/c1-16-7-9-17(10-8-16)22(27)26(19-11-13-30-14-12-19)21-20(31-23(28)29)15-25(24-21)18-5-3-2-4-6-18/h2-6,15-17,19H,7-14H2,1H3,(H,28,29). The molecular weight excluding hydrogens is 398 g/mol. The largest absolute Gasteiger partial charge is 0.511 e. The van der Waals surface area contributed by atoms with Gasteiger partial charge in [0.25, 0.3) is 0 Å². The van der Waals surface area contributed by atoms with Gasteiger partial charge in [-0.15, -0.1) is 5.10 Å². The third kappa shape index (κ3) is 4.90. The summed E-state index contributed by atoms with van der Waals surface area (Å²) in [5, 5.41) is 13.9. The lowest BCUT2D eigenvalue weighted by atomic mass is 9.82. The Morgan fingerprint density at radius 1 is 1.10 bits per heavy atom. The van der Waals surface area contributed by atoms with Crippen LogP contribution >= 0.6 is 0 Å². The van der Waals surface area contributed by atoms with E-state index in [1.807, 2.05) is 30.3 Å². The van der Waals surface area contributed by atoms with Crippen LogP contribution in [0.4, 0.5) is 10.6 Å². The third-order valence-corrected chi connectivity index (χ3v) is 6.27. The van der Waals surface area contributed by atoms with Crippen LogP contribution in [0.5, 0.6) is 5.75 Å². The molecule has 0 atom stereocenters. The molecule has 0 spiro atoms. The Kier molecular flexibility index (Phi) is 6.56. The average Bonchev–Trinajstić information content (AvgIpc) is 3.18. The summed E-state index contributed by atoms with van der Waals surface area (Å²) in [5.41, 5.74) is 0.759. The SMILES string of the molecule is CC1CCC(C(=O)N(c2nn(-c3ccccc3)cc2OC(=O)O)C2CCOCC2)CC1. The van der Waals surface area contributed by atoms with Crippen molar-refractivity contribution >= 4 is 17.9 Å². The van der Waals surface area contributed by atoms with Crippen molar-refractivity contribution in [2.24, 2.45) is 11.8 Å². The van der Waals surface area contributed by atoms with Crippen LogP contribution in [-0.4, -0.2) is 46.2 Å². The molecule has 0 radical (unpaired) electrons. The first-order valence-electron chi connectivity index (χ1n) is 11.0. The summed E-state index contributed by atoms with van der Waals surface area (Å²) in [6.45, 7) is 3.34. The number of nitrogens with zero attached hydrogens (tertiary/aromatic N) is 3. The molecule has 0 unspecified atom stereocenters. The van der Waals surface area contributed by atoms with E-state index in [1.54, 1.807) is 9.58 Å². The minimum absolute atomic E-state index is 0.00681. The predicted octanol–water partition coefficient (Wildman–Crippen LogP) is 4.27. The summed E-state index contributed by atoms with van der Waals surface area (Å²) in [4.78, 5) is 26.8. The topological polar surface area (TPSA) is 93.9 Å². The number of ether oxygens (including phenoxy) is 2. The summed E-state index contributed by atoms with van der Waals surface area (Å²) >= 11 is 0. The molecule has 166 valence electrons. The molecule has 1 saturated heterocycles. The summed E-state index contributed by atoms with van der Waals surface area (Å²) in [7, 11) is 0. The molecule has 1 aromatic carbocycles. The van der Waals surface area contributed by atoms with Gasteiger partial charge >= 0.3 is 6.16 Å². The van der Waals surface area contributed by atoms with Crippen LogP contribution in [0.2, 0.25) is 0 Å². The number of anilines is 1. The molecule has 2 aliphatic rings. The molecule has 0 bridgehead atoms. The van der Waals surface area contributed by atoms with Crippen molar-refractivity contribution in [2.45, 2.75) is 51.5 Å². The Morgan fingerprint density at radius 3 is 2.42 bits per heavy atom. The molecule has 1 aliphatic carbocycles. The monoisotopic (exact) mass is 427 g/mol. The summed E-state index contributed by atoms with van der Waals surface area (Å²) in [5.74, 6) is 0.886. The van der Waals surface area contributed by atoms with Gasteiger partial charge in [-0.05, 0) is 56.6 Å². The zero-order chi connectivity index (χ0) is 21.8. The van der Waals surface area contributed by atoms with Gasteiger partial charge in [0.2, 0.25) is 11.7 Å². The van der Waals surface area contributed by atoms with Gasteiger partial charge in [-0.3, -0.25) is 9.69 Å². The van der Waals surface area contributed by atoms with Crippen LogP contribution in [0.1, 0.15) is 45.4 Å². The van der Waals surface area contributed by atoms with E-state index in [-0.39, 0.29) is 29.4 Å². The van der Waals surface area contributed by atoms with Gasteiger partial charge in [-0.2, -0.15) is 0 Å². The van der Waals surface area contributed by atoms with E-state index in [1.165, 1.54) is 6.20 Å². The molecule has 1 aliphatic heterocycles. The number of aromatic nitrogens is 2. The second-order valence-corrected chi connectivity index (χ2v) is 8.47. The molecule has 2 heterocycles. The van der Waals surface area contributed by atoms with Gasteiger partial charge in [0, 0.05) is 25.2 Å². The van der Waals surface area contributed by atoms with Crippen LogP contribution in [0.15, 0.2) is 36.5 Å². The van der Waals surface area contributed by atoms with Crippen molar-refractivity contribution in [3.8, 4) is 11.4 Å². The van der Waals surface area contributed by atoms with E-state index in [0.717, 1.165) is 31.4 Å². The van der Waals surface area contributed by atoms with Gasteiger partial charge in [0.1, 0.15) is 0 Å². The predicted molar refractivity (Wildman–Crippen MR) is 115 cm³/mol. The number of benzene rings is 1. The van der Waals surface area contributed by atoms with Gasteiger partial charge in [-0.25, -0.2) is 9.48 Å². The second kappa shape index (κ2) is 9.51. The third-order valence-electron chi connectivity index (χ3n) is 6.27. The first-order chi connectivity index (χ1) is 15.0. The smallest absolute Gasteiger partial charge is 0.449 e. The molecule has 1 N–H and O–H groups in total. The number of para-hydroxylation sites is 1. The van der Waals surface area contributed by atoms with Crippen LogP contribution in [0.25, 0.3) is 5.69 Å². The van der Waals surface area contributed by atoms with Crippen molar-refractivity contribution in [1.29, 1.82) is 0 Å². The Morgan fingerprint density at radius 2 is 1.77 bits per heavy atom. The Bertz CT molecular complexity index is 899. The van der Waals surface area contributed by atoms with E-state index in [2.05, 4.69) is 12.0 Å². The maximum Gasteiger partial charge on any atom is 0.511 e. The maximum absolute atomic E-state index is 13.7. The van der Waals surface area contributed by atoms with E-state index in [4.69, 9.17) is 9.47 Å². The van der Waals surface area contributed by atoms with Crippen molar-refractivity contribution in [3.05, 3.63) is 36.5 Å². The maximum atomic E-state index is 13.7. The molecular formula is C23H29N3O5. The van der Waals surface area contributed by atoms with Crippen molar-refractivity contribution in [2.75, 3.05) is 18.1 Å². The second-order valence-electron chi connectivity index (χ2n) is 8.47. The van der Waals surface area contributed by atoms with Crippen molar-refractivity contribution in [3.63, 3.8) is 0 Å². The van der Waals surface area contributed by atoms with Crippen LogP contribution in [0, 0.1) is 11.8 Å². The van der Waals surface area contributed by atoms with Gasteiger partial charge < -0.3 is 14.6 Å². The lowest BCUT2D eigenvalue weighted by Crippen LogP contribution is -2.47. The molecule has 2 fully saturated rings. The molecule has 1 aromatic heterocycles. The number of carboxylic acid groups (broad SMARTS) is 1. The van der Waals surface area contributed by atoms with E-state index in [9.17, 15) is 14.7 Å². The summed E-state index contributed by atoms with van der Waals surface area (Å²) in [6.07, 6.45) is 5.19. The fraction of sp³-hybridized carbons (Fsp3) is 0.522. The van der Waals surface area contributed by atoms with Crippen LogP contribution < -0.4 is 9.64 Å². The number of amides is 1. The fourth-order valence-electron chi connectivity index (χ4n) is 4.50. The Labute approximate surface area is 181 Å². The van der Waals surface area contributed by atoms with Crippen molar-refractivity contribution in [1.82, 2.24) is 9.78 Å². The summed E-state index contributed by atoms with van der Waals surface area (Å²) < 4.78 is 12.2. The van der Waals surface area contributed by atoms with E-state index >= 15 is 0 Å². The van der Waals surface area contributed by atoms with Crippen molar-refractivity contribution < 1.29 is 24.2 Å². The lowest BCUT2D eigenvalue weighted by Gasteiger charge is -2.36. The number of hydrogen-bond acceptors (Lipinski definition) is 5. The normalized spacial score (nSPS) is 22.1. The lowest BCUT2D eigenvalue weighted by molar-refractivity contribution is -0.124. The highest BCUT2D eigenvalue weighted by Crippen LogP contribution is 2.36. The highest BCUT2D eigenvalue weighted by atomic mass is 16.7. The highest BCUT2D eigenvalue weighted by Gasteiger charge is 2.37. The zero-order valence-electron chi connectivity index (χ0n) is 17.8. The molecule has 31 heavy (non-hydrogen) atoms. The van der Waals surface area contributed by atoms with Crippen LogP contribution in [-0.2, 0) is 9.53 Å². The van der Waals surface area contributed by atoms with Gasteiger partial charge in [-0.1, -0.05) is 25.1 Å². The van der Waals surface area contributed by atoms with Gasteiger partial charge in [0.15, 0.2) is 5.75 Å². The minimum Gasteiger partial charge on any atom is -0.449 e. The molecule has 1 saturated carbocycles. The van der Waals surface area contributed by atoms with Crippen LogP contribution in [0.3, 0.4) is 0 Å². The molecule has 8 heteroatoms. The summed E-state index contributed by atoms with van der Waals surface area (Å²) in [6, 6.07) is 9.27. The number of carbonyl (C=O) groups excluding carboxylic acids is 1. The number of carbonyl (C=O) groups is 2. The number of rotatable bonds is 5. The quantitative estimate of drug-likeness (QED) is 0.717. The minimum atomic E-state index is -1.43. The molecule has 8 nitrogen and oxygen atoms in total. The van der Waals surface area contributed by atoms with E-state index in [0.29, 0.717) is 32.0 Å². The first-order valence-corrected chi connectivity index (χ1v) is 11.0. The molecule has 1 amide bonds. The van der Waals surface area contributed by atoms with E-state index < -0.39 is 6.16 Å². The molecule has 4 rings (SSSR count). The van der Waals surface area contributed by atoms with Gasteiger partial charge in [0.05, 0.1) is 11.9 Å². The highest BCUT2D eigenvalue weighted by molar-refractivity contribution is 5.96. The number of hydrogen-bond donors (Lipinski definition) is 1. The fourth-order valence-corrected chi connectivity index (χ4v) is 4.50. The Hall–Kier alpha value is -2.87. The Balaban J connectivity index is 1.73. The zero-order valence-corrected chi connectivity index (χ0v) is 17.8.